The number of unbranched alkanes of at least 4 members (excludes halogenated alkanes) is 1. The molecule has 0 saturated carbocycles. The van der Waals surface area contributed by atoms with Gasteiger partial charge in [0.2, 0.25) is 0 Å². The van der Waals surface area contributed by atoms with Crippen LogP contribution in [0.4, 0.5) is 0 Å². The third kappa shape index (κ3) is 22.8. The zero-order valence-electron chi connectivity index (χ0n) is 22.2. The summed E-state index contributed by atoms with van der Waals surface area (Å²) in [6, 6.07) is 7.23. The quantitative estimate of drug-likeness (QED) is 0.0832. The third-order valence-corrected chi connectivity index (χ3v) is 7.24. The highest BCUT2D eigenvalue weighted by atomic mass is 32.2. The van der Waals surface area contributed by atoms with Crippen molar-refractivity contribution in [3.63, 3.8) is 0 Å². The number of rotatable bonds is 28. The highest BCUT2D eigenvalue weighted by Gasteiger charge is 2.09. The average molecular weight is 615 g/mol. The van der Waals surface area contributed by atoms with Crippen LogP contribution in [0.1, 0.15) is 12.8 Å². The van der Waals surface area contributed by atoms with E-state index in [4.69, 9.17) is 28.4 Å². The molecule has 38 heavy (non-hydrogen) atoms. The third-order valence-electron chi connectivity index (χ3n) is 4.73. The zero-order valence-corrected chi connectivity index (χ0v) is 25.7. The first-order valence-electron chi connectivity index (χ1n) is 13.1. The van der Waals surface area contributed by atoms with Crippen LogP contribution in [-0.4, -0.2) is 123 Å². The van der Waals surface area contributed by atoms with Crippen LogP contribution in [0.3, 0.4) is 0 Å². The van der Waals surface area contributed by atoms with Gasteiger partial charge in [-0.15, -0.1) is 0 Å². The van der Waals surface area contributed by atoms with E-state index in [-0.39, 0.29) is 13.2 Å². The van der Waals surface area contributed by atoms with Gasteiger partial charge in [0.05, 0.1) is 51.8 Å². The predicted octanol–water partition coefficient (Wildman–Crippen LogP) is 3.34. The first-order chi connectivity index (χ1) is 18.7. The highest BCUT2D eigenvalue weighted by Crippen LogP contribution is 2.20. The normalized spacial score (nSPS) is 12.9. The van der Waals surface area contributed by atoms with E-state index in [0.29, 0.717) is 68.4 Å². The Kier molecular flexibility index (Phi) is 25.7. The summed E-state index contributed by atoms with van der Waals surface area (Å²) in [4.78, 5) is 0. The Morgan fingerprint density at radius 2 is 1.08 bits per heavy atom. The van der Waals surface area contributed by atoms with Gasteiger partial charge >= 0.3 is 0 Å². The van der Waals surface area contributed by atoms with Gasteiger partial charge in [0.1, 0.15) is 24.7 Å². The molecule has 1 aromatic carbocycles. The minimum atomic E-state index is -0.580. The largest absolute Gasteiger partial charge is 0.491 e. The second-order valence-corrected chi connectivity index (χ2v) is 11.4. The van der Waals surface area contributed by atoms with Crippen molar-refractivity contribution in [1.82, 2.24) is 0 Å². The number of thioether (sulfide) groups is 2. The maximum atomic E-state index is 10.2. The van der Waals surface area contributed by atoms with Crippen molar-refractivity contribution in [1.29, 1.82) is 0 Å². The van der Waals surface area contributed by atoms with Crippen molar-refractivity contribution in [2.45, 2.75) is 25.0 Å². The van der Waals surface area contributed by atoms with Crippen LogP contribution in [0.15, 0.2) is 24.3 Å². The standard InChI is InChI=1S/C26H46O8S4/c27-23(21-37-16-12-30-7-2-1-6-29-10-14-35)19-33-25-4-3-5-26(18-25)34-20-24(28)22-38-17-13-32-9-8-31-11-15-36/h3-5,18,23-24,27-28,35-36H,1-2,6-17,19-22H2. The van der Waals surface area contributed by atoms with E-state index in [1.807, 2.05) is 18.2 Å². The maximum Gasteiger partial charge on any atom is 0.123 e. The van der Waals surface area contributed by atoms with Crippen LogP contribution in [0.5, 0.6) is 11.5 Å². The van der Waals surface area contributed by atoms with E-state index in [2.05, 4.69) is 25.3 Å². The van der Waals surface area contributed by atoms with Crippen LogP contribution >= 0.6 is 48.8 Å². The number of hydrogen-bond donors (Lipinski definition) is 4. The fourth-order valence-corrected chi connectivity index (χ4v) is 4.67. The Balaban J connectivity index is 2.03. The van der Waals surface area contributed by atoms with E-state index < -0.39 is 12.2 Å². The highest BCUT2D eigenvalue weighted by molar-refractivity contribution is 7.99. The van der Waals surface area contributed by atoms with E-state index in [1.165, 1.54) is 0 Å². The number of hydrogen-bond acceptors (Lipinski definition) is 12. The van der Waals surface area contributed by atoms with Crippen molar-refractivity contribution >= 4 is 48.8 Å². The second kappa shape index (κ2) is 27.2. The molecule has 222 valence electrons. The summed E-state index contributed by atoms with van der Waals surface area (Å²) in [6.45, 7) is 5.64. The van der Waals surface area contributed by atoms with Crippen molar-refractivity contribution in [3.8, 4) is 11.5 Å². The Morgan fingerprint density at radius 3 is 1.58 bits per heavy atom. The first-order valence-corrected chi connectivity index (χ1v) is 16.6. The number of aliphatic hydroxyl groups excluding tert-OH is 2. The van der Waals surface area contributed by atoms with Crippen molar-refractivity contribution < 1.29 is 38.6 Å². The Hall–Kier alpha value is -0.0200. The van der Waals surface area contributed by atoms with Gasteiger partial charge in [-0.25, -0.2) is 0 Å². The molecule has 1 rings (SSSR count). The van der Waals surface area contributed by atoms with Gasteiger partial charge in [-0.05, 0) is 25.0 Å². The van der Waals surface area contributed by atoms with Crippen LogP contribution < -0.4 is 9.47 Å². The molecule has 0 aliphatic heterocycles. The lowest BCUT2D eigenvalue weighted by Gasteiger charge is -2.15. The Labute approximate surface area is 248 Å². The molecule has 0 aliphatic rings. The molecule has 0 radical (unpaired) electrons. The number of ether oxygens (including phenoxy) is 6. The fraction of sp³-hybridized carbons (Fsp3) is 0.769. The molecule has 0 spiro atoms. The molecule has 8 nitrogen and oxygen atoms in total. The van der Waals surface area contributed by atoms with Crippen LogP contribution in [0.25, 0.3) is 0 Å². The molecule has 0 aromatic heterocycles. The zero-order chi connectivity index (χ0) is 27.5. The monoisotopic (exact) mass is 614 g/mol. The SMILES string of the molecule is OC(COc1cccc(OCC(O)CSCCOCCOCCS)c1)CSCCOCCCCOCCS. The molecular weight excluding hydrogens is 569 g/mol. The molecule has 2 unspecified atom stereocenters. The summed E-state index contributed by atoms with van der Waals surface area (Å²) in [5.41, 5.74) is 0. The average Bonchev–Trinajstić information content (AvgIpc) is 2.93. The Morgan fingerprint density at radius 1 is 0.632 bits per heavy atom. The predicted molar refractivity (Wildman–Crippen MR) is 164 cm³/mol. The molecule has 0 fully saturated rings. The molecule has 0 amide bonds. The topological polar surface area (TPSA) is 95.8 Å². The van der Waals surface area contributed by atoms with Crippen molar-refractivity contribution in [2.75, 3.05) is 101 Å². The fourth-order valence-electron chi connectivity index (χ4n) is 2.87. The van der Waals surface area contributed by atoms with Gasteiger partial charge in [0.25, 0.3) is 0 Å². The molecule has 0 heterocycles. The number of benzene rings is 1. The molecule has 0 saturated heterocycles. The van der Waals surface area contributed by atoms with Gasteiger partial charge in [-0.2, -0.15) is 48.8 Å². The minimum Gasteiger partial charge on any atom is -0.491 e. The van der Waals surface area contributed by atoms with E-state index >= 15 is 0 Å². The molecule has 1 aromatic rings. The van der Waals surface area contributed by atoms with Gasteiger partial charge in [0.15, 0.2) is 0 Å². The smallest absolute Gasteiger partial charge is 0.123 e. The summed E-state index contributed by atoms with van der Waals surface area (Å²) in [5.74, 6) is 5.47. The summed E-state index contributed by atoms with van der Waals surface area (Å²) in [7, 11) is 0. The lowest BCUT2D eigenvalue weighted by molar-refractivity contribution is 0.0605. The van der Waals surface area contributed by atoms with Gasteiger partial charge < -0.3 is 38.6 Å². The van der Waals surface area contributed by atoms with Gasteiger partial charge in [-0.3, -0.25) is 0 Å². The number of thiol groups is 2. The van der Waals surface area contributed by atoms with Gasteiger partial charge in [0, 0.05) is 53.8 Å². The van der Waals surface area contributed by atoms with Gasteiger partial charge in [-0.1, -0.05) is 6.07 Å². The molecular formula is C26H46O8S4. The summed E-state index contributed by atoms with van der Waals surface area (Å²) < 4.78 is 33.2. The van der Waals surface area contributed by atoms with Crippen molar-refractivity contribution in [3.05, 3.63) is 24.3 Å². The lowest BCUT2D eigenvalue weighted by Crippen LogP contribution is -2.21. The summed E-state index contributed by atoms with van der Waals surface area (Å²) >= 11 is 11.4. The van der Waals surface area contributed by atoms with Crippen LogP contribution in [0.2, 0.25) is 0 Å². The van der Waals surface area contributed by atoms with Crippen LogP contribution in [-0.2, 0) is 18.9 Å². The molecule has 12 heteroatoms. The first kappa shape index (κ1) is 36.0. The molecule has 2 N–H and O–H groups in total. The number of aliphatic hydroxyl groups is 2. The minimum absolute atomic E-state index is 0.194. The lowest BCUT2D eigenvalue weighted by atomic mass is 10.3. The van der Waals surface area contributed by atoms with Crippen molar-refractivity contribution in [2.24, 2.45) is 0 Å². The van der Waals surface area contributed by atoms with E-state index in [1.54, 1.807) is 29.6 Å². The Bertz CT molecular complexity index is 647. The molecule has 0 aliphatic carbocycles. The molecule has 2 atom stereocenters. The summed E-state index contributed by atoms with van der Waals surface area (Å²) in [5, 5.41) is 20.4. The maximum absolute atomic E-state index is 10.2. The van der Waals surface area contributed by atoms with Crippen LogP contribution in [0, 0.1) is 0 Å². The second-order valence-electron chi connectivity index (χ2n) is 8.16. The molecule has 0 bridgehead atoms. The van der Waals surface area contributed by atoms with E-state index in [0.717, 1.165) is 43.3 Å². The summed E-state index contributed by atoms with van der Waals surface area (Å²) in [6.07, 6.45) is 0.825. The van der Waals surface area contributed by atoms with E-state index in [9.17, 15) is 10.2 Å².